The van der Waals surface area contributed by atoms with Crippen molar-refractivity contribution in [1.82, 2.24) is 4.98 Å². The van der Waals surface area contributed by atoms with Crippen molar-refractivity contribution in [2.75, 3.05) is 11.9 Å². The first-order valence-corrected chi connectivity index (χ1v) is 6.92. The van der Waals surface area contributed by atoms with Gasteiger partial charge in [0.05, 0.1) is 12.7 Å². The summed E-state index contributed by atoms with van der Waals surface area (Å²) in [5.41, 5.74) is 1.13. The van der Waals surface area contributed by atoms with Crippen LogP contribution in [-0.4, -0.2) is 17.6 Å². The maximum absolute atomic E-state index is 5.80. The number of anilines is 1. The largest absolute Gasteiger partial charge is 0.374 e. The summed E-state index contributed by atoms with van der Waals surface area (Å²) in [4.78, 5) is 4.36. The van der Waals surface area contributed by atoms with E-state index < -0.39 is 0 Å². The summed E-state index contributed by atoms with van der Waals surface area (Å²) in [5, 5.41) is 3.26. The van der Waals surface area contributed by atoms with E-state index in [-0.39, 0.29) is 0 Å². The van der Waals surface area contributed by atoms with E-state index in [9.17, 15) is 0 Å². The fourth-order valence-corrected chi connectivity index (χ4v) is 1.84. The molecule has 1 heterocycles. The first-order chi connectivity index (χ1) is 8.61. The van der Waals surface area contributed by atoms with E-state index in [0.717, 1.165) is 30.8 Å². The van der Waals surface area contributed by atoms with Gasteiger partial charge in [0.25, 0.3) is 0 Å². The molecule has 0 radical (unpaired) electrons. The molecule has 18 heavy (non-hydrogen) atoms. The van der Waals surface area contributed by atoms with E-state index in [4.69, 9.17) is 4.74 Å². The monoisotopic (exact) mass is 250 g/mol. The van der Waals surface area contributed by atoms with Gasteiger partial charge in [0.1, 0.15) is 5.82 Å². The summed E-state index contributed by atoms with van der Waals surface area (Å²) < 4.78 is 5.80. The van der Waals surface area contributed by atoms with E-state index in [1.54, 1.807) is 0 Å². The van der Waals surface area contributed by atoms with Crippen molar-refractivity contribution in [2.45, 2.75) is 53.2 Å². The van der Waals surface area contributed by atoms with Crippen LogP contribution >= 0.6 is 0 Å². The molecule has 0 spiro atoms. The minimum atomic E-state index is 0.308. The second kappa shape index (κ2) is 8.09. The van der Waals surface area contributed by atoms with Crippen molar-refractivity contribution in [2.24, 2.45) is 5.92 Å². The number of nitrogens with zero attached hydrogens (tertiary/aromatic N) is 1. The summed E-state index contributed by atoms with van der Waals surface area (Å²) in [6, 6.07) is 4.09. The van der Waals surface area contributed by atoms with Gasteiger partial charge in [0.15, 0.2) is 0 Å². The molecule has 1 rings (SSSR count). The maximum Gasteiger partial charge on any atom is 0.125 e. The molecule has 0 aromatic carbocycles. The molecule has 0 amide bonds. The first kappa shape index (κ1) is 15.0. The predicted molar refractivity (Wildman–Crippen MR) is 76.7 cm³/mol. The summed E-state index contributed by atoms with van der Waals surface area (Å²) in [6.07, 6.45) is 4.41. The van der Waals surface area contributed by atoms with Crippen LogP contribution in [0.4, 0.5) is 5.82 Å². The minimum absolute atomic E-state index is 0.308. The number of hydrogen-bond acceptors (Lipinski definition) is 3. The van der Waals surface area contributed by atoms with Gasteiger partial charge in [-0.05, 0) is 37.3 Å². The van der Waals surface area contributed by atoms with Crippen LogP contribution in [-0.2, 0) is 11.3 Å². The lowest BCUT2D eigenvalue weighted by atomic mass is 10.1. The van der Waals surface area contributed by atoms with Crippen LogP contribution in [0.3, 0.4) is 0 Å². The lowest BCUT2D eigenvalue weighted by Crippen LogP contribution is -2.11. The molecule has 3 nitrogen and oxygen atoms in total. The Bertz CT molecular complexity index is 322. The third kappa shape index (κ3) is 6.01. The Balaban J connectivity index is 2.34. The van der Waals surface area contributed by atoms with Gasteiger partial charge in [0.2, 0.25) is 0 Å². The van der Waals surface area contributed by atoms with Gasteiger partial charge in [-0.2, -0.15) is 0 Å². The normalized spacial score (nSPS) is 12.7. The smallest absolute Gasteiger partial charge is 0.125 e. The molecule has 1 aromatic rings. The highest BCUT2D eigenvalue weighted by Crippen LogP contribution is 2.11. The van der Waals surface area contributed by atoms with Crippen LogP contribution in [0.1, 0.15) is 46.1 Å². The predicted octanol–water partition coefficient (Wildman–Crippen LogP) is 3.85. The lowest BCUT2D eigenvalue weighted by molar-refractivity contribution is 0.0396. The van der Waals surface area contributed by atoms with Gasteiger partial charge in [-0.1, -0.05) is 26.8 Å². The topological polar surface area (TPSA) is 34.1 Å². The third-order valence-electron chi connectivity index (χ3n) is 2.72. The molecule has 1 atom stereocenters. The standard InChI is InChI=1S/C15H26N2O/c1-5-8-16-15-7-6-14(10-17-15)11-18-13(4)9-12(2)3/h6-7,10,12-13H,5,8-9,11H2,1-4H3,(H,16,17). The molecule has 1 N–H and O–H groups in total. The Morgan fingerprint density at radius 1 is 1.28 bits per heavy atom. The van der Waals surface area contributed by atoms with E-state index in [1.807, 2.05) is 12.3 Å². The number of ether oxygens (including phenoxy) is 1. The summed E-state index contributed by atoms with van der Waals surface area (Å²) >= 11 is 0. The van der Waals surface area contributed by atoms with Crippen LogP contribution in [0.5, 0.6) is 0 Å². The molecular formula is C15H26N2O. The lowest BCUT2D eigenvalue weighted by Gasteiger charge is -2.15. The highest BCUT2D eigenvalue weighted by molar-refractivity contribution is 5.35. The minimum Gasteiger partial charge on any atom is -0.374 e. The van der Waals surface area contributed by atoms with Crippen LogP contribution in [0.15, 0.2) is 18.3 Å². The molecule has 1 unspecified atom stereocenters. The van der Waals surface area contributed by atoms with Gasteiger partial charge < -0.3 is 10.1 Å². The van der Waals surface area contributed by atoms with E-state index >= 15 is 0 Å². The second-order valence-corrected chi connectivity index (χ2v) is 5.23. The Hall–Kier alpha value is -1.09. The molecule has 0 aliphatic carbocycles. The fraction of sp³-hybridized carbons (Fsp3) is 0.667. The first-order valence-electron chi connectivity index (χ1n) is 6.92. The molecule has 3 heteroatoms. The number of nitrogens with one attached hydrogen (secondary N) is 1. The summed E-state index contributed by atoms with van der Waals surface area (Å²) in [5.74, 6) is 1.62. The van der Waals surface area contributed by atoms with Crippen LogP contribution < -0.4 is 5.32 Å². The fourth-order valence-electron chi connectivity index (χ4n) is 1.84. The molecule has 1 aromatic heterocycles. The van der Waals surface area contributed by atoms with Gasteiger partial charge in [-0.3, -0.25) is 0 Å². The molecule has 0 aliphatic heterocycles. The van der Waals surface area contributed by atoms with Gasteiger partial charge >= 0.3 is 0 Å². The number of hydrogen-bond donors (Lipinski definition) is 1. The number of aromatic nitrogens is 1. The molecule has 0 fully saturated rings. The Kier molecular flexibility index (Phi) is 6.73. The molecule has 0 saturated carbocycles. The quantitative estimate of drug-likeness (QED) is 0.761. The SMILES string of the molecule is CCCNc1ccc(COC(C)CC(C)C)cn1. The van der Waals surface area contributed by atoms with Gasteiger partial charge in [-0.15, -0.1) is 0 Å². The molecule has 0 saturated heterocycles. The maximum atomic E-state index is 5.80. The molecule has 0 bridgehead atoms. The van der Waals surface area contributed by atoms with E-state index in [0.29, 0.717) is 18.6 Å². The highest BCUT2D eigenvalue weighted by atomic mass is 16.5. The van der Waals surface area contributed by atoms with Crippen molar-refractivity contribution < 1.29 is 4.74 Å². The second-order valence-electron chi connectivity index (χ2n) is 5.23. The van der Waals surface area contributed by atoms with Crippen LogP contribution in [0, 0.1) is 5.92 Å². The highest BCUT2D eigenvalue weighted by Gasteiger charge is 2.05. The Labute approximate surface area is 111 Å². The van der Waals surface area contributed by atoms with Gasteiger partial charge in [-0.25, -0.2) is 4.98 Å². The van der Waals surface area contributed by atoms with E-state index in [1.165, 1.54) is 0 Å². The van der Waals surface area contributed by atoms with Gasteiger partial charge in [0, 0.05) is 12.7 Å². The Morgan fingerprint density at radius 3 is 2.61 bits per heavy atom. The zero-order chi connectivity index (χ0) is 13.4. The zero-order valence-electron chi connectivity index (χ0n) is 12.1. The Morgan fingerprint density at radius 2 is 2.06 bits per heavy atom. The van der Waals surface area contributed by atoms with Crippen LogP contribution in [0.25, 0.3) is 0 Å². The number of rotatable bonds is 8. The summed E-state index contributed by atoms with van der Waals surface area (Å²) in [6.45, 7) is 10.3. The van der Waals surface area contributed by atoms with Crippen molar-refractivity contribution in [1.29, 1.82) is 0 Å². The average Bonchev–Trinajstić information content (AvgIpc) is 2.34. The third-order valence-corrected chi connectivity index (χ3v) is 2.72. The molecule has 102 valence electrons. The van der Waals surface area contributed by atoms with Crippen molar-refractivity contribution >= 4 is 5.82 Å². The van der Waals surface area contributed by atoms with Crippen molar-refractivity contribution in [3.8, 4) is 0 Å². The zero-order valence-corrected chi connectivity index (χ0v) is 12.1. The van der Waals surface area contributed by atoms with Crippen LogP contribution in [0.2, 0.25) is 0 Å². The van der Waals surface area contributed by atoms with Crippen molar-refractivity contribution in [3.63, 3.8) is 0 Å². The number of pyridine rings is 1. The molecular weight excluding hydrogens is 224 g/mol. The summed E-state index contributed by atoms with van der Waals surface area (Å²) in [7, 11) is 0. The van der Waals surface area contributed by atoms with Crippen molar-refractivity contribution in [3.05, 3.63) is 23.9 Å². The van der Waals surface area contributed by atoms with E-state index in [2.05, 4.69) is 44.1 Å². The molecule has 0 aliphatic rings. The average molecular weight is 250 g/mol.